The van der Waals surface area contributed by atoms with Gasteiger partial charge in [-0.15, -0.1) is 5.10 Å². The van der Waals surface area contributed by atoms with Crippen molar-refractivity contribution in [3.8, 4) is 11.4 Å². The number of aryl methyl sites for hydroxylation is 1. The summed E-state index contributed by atoms with van der Waals surface area (Å²) in [5.74, 6) is 1.94. The van der Waals surface area contributed by atoms with Crippen LogP contribution in [-0.4, -0.2) is 44.8 Å². The highest BCUT2D eigenvalue weighted by Crippen LogP contribution is 2.21. The molecule has 128 valence electrons. The van der Waals surface area contributed by atoms with Crippen LogP contribution in [0.25, 0.3) is 11.4 Å². The second kappa shape index (κ2) is 7.83. The van der Waals surface area contributed by atoms with Crippen LogP contribution in [0.2, 0.25) is 0 Å². The molecule has 5 nitrogen and oxygen atoms in total. The van der Waals surface area contributed by atoms with Gasteiger partial charge in [0.15, 0.2) is 5.82 Å². The van der Waals surface area contributed by atoms with E-state index in [9.17, 15) is 4.79 Å². The average molecular weight is 344 g/mol. The fourth-order valence-electron chi connectivity index (χ4n) is 2.97. The van der Waals surface area contributed by atoms with Crippen molar-refractivity contribution in [2.75, 3.05) is 18.8 Å². The molecular weight excluding hydrogens is 320 g/mol. The third-order valence-electron chi connectivity index (χ3n) is 4.43. The minimum atomic E-state index is 0.185. The topological polar surface area (TPSA) is 61.9 Å². The van der Waals surface area contributed by atoms with Gasteiger partial charge in [0.1, 0.15) is 0 Å². The fraction of sp³-hybridized carbons (Fsp3) is 0.500. The van der Waals surface area contributed by atoms with E-state index in [1.165, 1.54) is 23.7 Å². The summed E-state index contributed by atoms with van der Waals surface area (Å²) in [6.45, 7) is 6.10. The lowest BCUT2D eigenvalue weighted by molar-refractivity contribution is -0.130. The number of rotatable bonds is 5. The van der Waals surface area contributed by atoms with Gasteiger partial charge in [0.05, 0.1) is 5.75 Å². The number of benzene rings is 1. The van der Waals surface area contributed by atoms with Crippen molar-refractivity contribution in [3.05, 3.63) is 29.8 Å². The third kappa shape index (κ3) is 4.17. The Balaban J connectivity index is 1.56. The summed E-state index contributed by atoms with van der Waals surface area (Å²) in [4.78, 5) is 18.8. The quantitative estimate of drug-likeness (QED) is 0.845. The molecule has 0 spiro atoms. The molecule has 6 heteroatoms. The molecule has 2 heterocycles. The van der Waals surface area contributed by atoms with Crippen molar-refractivity contribution < 1.29 is 4.79 Å². The van der Waals surface area contributed by atoms with Crippen LogP contribution in [0.5, 0.6) is 0 Å². The highest BCUT2D eigenvalue weighted by Gasteiger charge is 2.21. The van der Waals surface area contributed by atoms with Crippen LogP contribution in [-0.2, 0) is 11.2 Å². The summed E-state index contributed by atoms with van der Waals surface area (Å²) >= 11 is 1.40. The Morgan fingerprint density at radius 2 is 2.17 bits per heavy atom. The Labute approximate surface area is 147 Å². The first kappa shape index (κ1) is 17.0. The number of thioether (sulfide) groups is 1. The lowest BCUT2D eigenvalue weighted by Gasteiger charge is -2.30. The Kier molecular flexibility index (Phi) is 5.56. The van der Waals surface area contributed by atoms with Crippen molar-refractivity contribution in [2.24, 2.45) is 5.92 Å². The van der Waals surface area contributed by atoms with Crippen LogP contribution in [0.15, 0.2) is 29.4 Å². The number of hydrogen-bond donors (Lipinski definition) is 1. The summed E-state index contributed by atoms with van der Waals surface area (Å²) in [6.07, 6.45) is 3.35. The second-order valence-corrected chi connectivity index (χ2v) is 7.34. The third-order valence-corrected chi connectivity index (χ3v) is 5.27. The van der Waals surface area contributed by atoms with E-state index in [0.29, 0.717) is 16.8 Å². The van der Waals surface area contributed by atoms with Gasteiger partial charge in [-0.3, -0.25) is 9.89 Å². The predicted octanol–water partition coefficient (Wildman–Crippen LogP) is 3.38. The molecule has 0 bridgehead atoms. The Hall–Kier alpha value is -1.82. The monoisotopic (exact) mass is 344 g/mol. The van der Waals surface area contributed by atoms with Crippen LogP contribution < -0.4 is 0 Å². The lowest BCUT2D eigenvalue weighted by Crippen LogP contribution is -2.40. The molecule has 1 N–H and O–H groups in total. The molecule has 1 fully saturated rings. The number of hydrogen-bond acceptors (Lipinski definition) is 4. The first-order valence-corrected chi connectivity index (χ1v) is 9.56. The molecular formula is C18H24N4OS. The lowest BCUT2D eigenvalue weighted by atomic mass is 10.0. The number of piperidine rings is 1. The van der Waals surface area contributed by atoms with Crippen LogP contribution in [0.3, 0.4) is 0 Å². The summed E-state index contributed by atoms with van der Waals surface area (Å²) in [6, 6.07) is 8.31. The molecule has 1 aromatic carbocycles. The van der Waals surface area contributed by atoms with Gasteiger partial charge in [0.25, 0.3) is 0 Å². The van der Waals surface area contributed by atoms with Gasteiger partial charge >= 0.3 is 0 Å². The summed E-state index contributed by atoms with van der Waals surface area (Å²) in [5.41, 5.74) is 2.32. The summed E-state index contributed by atoms with van der Waals surface area (Å²) in [5, 5.41) is 7.81. The molecule has 1 aliphatic heterocycles. The molecule has 0 radical (unpaired) electrons. The van der Waals surface area contributed by atoms with Gasteiger partial charge in [-0.1, -0.05) is 49.9 Å². The zero-order valence-corrected chi connectivity index (χ0v) is 15.1. The fourth-order valence-corrected chi connectivity index (χ4v) is 3.67. The van der Waals surface area contributed by atoms with Crippen LogP contribution in [0, 0.1) is 5.92 Å². The molecule has 1 saturated heterocycles. The molecule has 1 aromatic heterocycles. The Morgan fingerprint density at radius 3 is 2.88 bits per heavy atom. The number of carbonyl (C=O) groups excluding carboxylic acids is 1. The predicted molar refractivity (Wildman–Crippen MR) is 96.9 cm³/mol. The number of likely N-dealkylation sites (tertiary alicyclic amines) is 1. The summed E-state index contributed by atoms with van der Waals surface area (Å²) < 4.78 is 0. The molecule has 24 heavy (non-hydrogen) atoms. The Morgan fingerprint density at radius 1 is 1.38 bits per heavy atom. The molecule has 2 aromatic rings. The number of aromatic nitrogens is 3. The molecule has 0 saturated carbocycles. The number of amides is 1. The molecule has 0 unspecified atom stereocenters. The first-order chi connectivity index (χ1) is 11.7. The number of nitrogens with zero attached hydrogens (tertiary/aromatic N) is 3. The van der Waals surface area contributed by atoms with E-state index >= 15 is 0 Å². The number of aromatic amines is 1. The van der Waals surface area contributed by atoms with Gasteiger partial charge in [-0.25, -0.2) is 4.98 Å². The molecule has 1 atom stereocenters. The zero-order valence-electron chi connectivity index (χ0n) is 14.3. The molecule has 0 aliphatic carbocycles. The maximum atomic E-state index is 12.3. The van der Waals surface area contributed by atoms with E-state index in [1.807, 2.05) is 17.0 Å². The van der Waals surface area contributed by atoms with E-state index in [0.717, 1.165) is 37.3 Å². The highest BCUT2D eigenvalue weighted by atomic mass is 32.2. The van der Waals surface area contributed by atoms with Crippen molar-refractivity contribution in [3.63, 3.8) is 0 Å². The van der Waals surface area contributed by atoms with E-state index < -0.39 is 0 Å². The smallest absolute Gasteiger partial charge is 0.233 e. The number of nitrogens with one attached hydrogen (secondary N) is 1. The van der Waals surface area contributed by atoms with Gasteiger partial charge in [0.2, 0.25) is 11.1 Å². The van der Waals surface area contributed by atoms with Gasteiger partial charge < -0.3 is 4.90 Å². The SMILES string of the molecule is CCc1ccc(-c2nc(SCC(=O)N3CCC[C@H](C)C3)n[nH]2)cc1. The van der Waals surface area contributed by atoms with Gasteiger partial charge in [-0.05, 0) is 30.7 Å². The van der Waals surface area contributed by atoms with E-state index in [-0.39, 0.29) is 5.91 Å². The van der Waals surface area contributed by atoms with Crippen LogP contribution in [0.1, 0.15) is 32.3 Å². The minimum absolute atomic E-state index is 0.185. The van der Waals surface area contributed by atoms with Crippen molar-refractivity contribution in [1.82, 2.24) is 20.1 Å². The molecule has 3 rings (SSSR count). The number of H-pyrrole nitrogens is 1. The van der Waals surface area contributed by atoms with E-state index in [4.69, 9.17) is 0 Å². The van der Waals surface area contributed by atoms with Crippen molar-refractivity contribution >= 4 is 17.7 Å². The highest BCUT2D eigenvalue weighted by molar-refractivity contribution is 7.99. The minimum Gasteiger partial charge on any atom is -0.342 e. The average Bonchev–Trinajstić information content (AvgIpc) is 3.09. The number of carbonyl (C=O) groups is 1. The second-order valence-electron chi connectivity index (χ2n) is 6.39. The van der Waals surface area contributed by atoms with Gasteiger partial charge in [0, 0.05) is 18.7 Å². The maximum Gasteiger partial charge on any atom is 0.233 e. The van der Waals surface area contributed by atoms with Crippen LogP contribution in [0.4, 0.5) is 0 Å². The molecule has 1 amide bonds. The van der Waals surface area contributed by atoms with E-state index in [2.05, 4.69) is 41.2 Å². The maximum absolute atomic E-state index is 12.3. The van der Waals surface area contributed by atoms with Crippen molar-refractivity contribution in [2.45, 2.75) is 38.3 Å². The normalized spacial score (nSPS) is 17.9. The largest absolute Gasteiger partial charge is 0.342 e. The zero-order chi connectivity index (χ0) is 16.9. The van der Waals surface area contributed by atoms with Crippen LogP contribution >= 0.6 is 11.8 Å². The summed E-state index contributed by atoms with van der Waals surface area (Å²) in [7, 11) is 0. The van der Waals surface area contributed by atoms with Gasteiger partial charge in [-0.2, -0.15) is 0 Å². The Bertz CT molecular complexity index is 683. The first-order valence-electron chi connectivity index (χ1n) is 8.58. The van der Waals surface area contributed by atoms with E-state index in [1.54, 1.807) is 0 Å². The standard InChI is InChI=1S/C18H24N4OS/c1-3-14-6-8-15(9-7-14)17-19-18(21-20-17)24-12-16(23)22-10-4-5-13(2)11-22/h6-9,13H,3-5,10-12H2,1-2H3,(H,19,20,21)/t13-/m0/s1. The van der Waals surface area contributed by atoms with Crippen molar-refractivity contribution in [1.29, 1.82) is 0 Å². The molecule has 1 aliphatic rings.